The van der Waals surface area contributed by atoms with Gasteiger partial charge in [0, 0.05) is 16.3 Å². The zero-order valence-corrected chi connectivity index (χ0v) is 13.0. The summed E-state index contributed by atoms with van der Waals surface area (Å²) in [5.41, 5.74) is 1.95. The average Bonchev–Trinajstić information content (AvgIpc) is 2.71. The molecule has 0 atom stereocenters. The number of anilines is 1. The standard InChI is InChI=1S/C14H12BrFN2S/c1-8-5-11(19-9(8)2)7-18-12-4-3-10(6-17)13(15)14(12)16/h3-5,18H,7H2,1-2H3. The van der Waals surface area contributed by atoms with Gasteiger partial charge in [0.15, 0.2) is 5.82 Å². The van der Waals surface area contributed by atoms with Crippen LogP contribution in [-0.2, 0) is 6.54 Å². The molecule has 0 aliphatic carbocycles. The summed E-state index contributed by atoms with van der Waals surface area (Å²) in [4.78, 5) is 2.44. The zero-order valence-electron chi connectivity index (χ0n) is 10.6. The number of aryl methyl sites for hydroxylation is 2. The van der Waals surface area contributed by atoms with Gasteiger partial charge >= 0.3 is 0 Å². The van der Waals surface area contributed by atoms with Crippen molar-refractivity contribution >= 4 is 33.0 Å². The van der Waals surface area contributed by atoms with E-state index in [4.69, 9.17) is 5.26 Å². The van der Waals surface area contributed by atoms with E-state index in [2.05, 4.69) is 41.2 Å². The summed E-state index contributed by atoms with van der Waals surface area (Å²) in [6.07, 6.45) is 0. The molecule has 0 spiro atoms. The third-order valence-electron chi connectivity index (χ3n) is 2.87. The molecule has 0 amide bonds. The Kier molecular flexibility index (Phi) is 4.23. The maximum atomic E-state index is 14.0. The second-order valence-electron chi connectivity index (χ2n) is 4.21. The molecule has 2 aromatic rings. The topological polar surface area (TPSA) is 35.8 Å². The molecule has 1 N–H and O–H groups in total. The summed E-state index contributed by atoms with van der Waals surface area (Å²) in [7, 11) is 0. The summed E-state index contributed by atoms with van der Waals surface area (Å²) >= 11 is 4.80. The predicted octanol–water partition coefficient (Wildman–Crippen LogP) is 4.75. The Morgan fingerprint density at radius 1 is 1.42 bits per heavy atom. The number of rotatable bonds is 3. The van der Waals surface area contributed by atoms with Crippen LogP contribution in [0, 0.1) is 31.0 Å². The lowest BCUT2D eigenvalue weighted by atomic mass is 10.2. The highest BCUT2D eigenvalue weighted by Crippen LogP contribution is 2.28. The molecule has 1 aromatic heterocycles. The van der Waals surface area contributed by atoms with Gasteiger partial charge in [0.2, 0.25) is 0 Å². The van der Waals surface area contributed by atoms with Gasteiger partial charge in [0.1, 0.15) is 6.07 Å². The Hall–Kier alpha value is -1.38. The van der Waals surface area contributed by atoms with Crippen molar-refractivity contribution in [3.05, 3.63) is 49.4 Å². The van der Waals surface area contributed by atoms with Crippen molar-refractivity contribution < 1.29 is 4.39 Å². The van der Waals surface area contributed by atoms with Gasteiger partial charge in [0.25, 0.3) is 0 Å². The fourth-order valence-electron chi connectivity index (χ4n) is 1.69. The molecule has 1 aromatic carbocycles. The van der Waals surface area contributed by atoms with E-state index in [0.29, 0.717) is 17.8 Å². The molecule has 19 heavy (non-hydrogen) atoms. The molecule has 2 nitrogen and oxygen atoms in total. The Morgan fingerprint density at radius 3 is 2.74 bits per heavy atom. The lowest BCUT2D eigenvalue weighted by Crippen LogP contribution is -2.01. The van der Waals surface area contributed by atoms with E-state index in [1.54, 1.807) is 23.5 Å². The number of benzene rings is 1. The largest absolute Gasteiger partial charge is 0.378 e. The Labute approximate surface area is 124 Å². The highest BCUT2D eigenvalue weighted by Gasteiger charge is 2.11. The number of thiophene rings is 1. The van der Waals surface area contributed by atoms with E-state index in [9.17, 15) is 4.39 Å². The SMILES string of the molecule is Cc1cc(CNc2ccc(C#N)c(Br)c2F)sc1C. The van der Waals surface area contributed by atoms with Crippen molar-refractivity contribution in [1.82, 2.24) is 0 Å². The van der Waals surface area contributed by atoms with E-state index in [1.165, 1.54) is 10.4 Å². The van der Waals surface area contributed by atoms with Crippen LogP contribution in [0.3, 0.4) is 0 Å². The smallest absolute Gasteiger partial charge is 0.161 e. The van der Waals surface area contributed by atoms with Crippen molar-refractivity contribution in [3.63, 3.8) is 0 Å². The van der Waals surface area contributed by atoms with E-state index in [0.717, 1.165) is 4.88 Å². The van der Waals surface area contributed by atoms with Gasteiger partial charge in [-0.15, -0.1) is 11.3 Å². The van der Waals surface area contributed by atoms with Crippen LogP contribution in [0.1, 0.15) is 20.9 Å². The highest BCUT2D eigenvalue weighted by molar-refractivity contribution is 9.10. The lowest BCUT2D eigenvalue weighted by molar-refractivity contribution is 0.623. The van der Waals surface area contributed by atoms with Gasteiger partial charge in [0.05, 0.1) is 15.7 Å². The summed E-state index contributed by atoms with van der Waals surface area (Å²) in [5, 5.41) is 11.9. The molecule has 0 aliphatic rings. The van der Waals surface area contributed by atoms with Gasteiger partial charge in [-0.3, -0.25) is 0 Å². The van der Waals surface area contributed by atoms with Crippen molar-refractivity contribution in [3.8, 4) is 6.07 Å². The van der Waals surface area contributed by atoms with Crippen LogP contribution in [-0.4, -0.2) is 0 Å². The first-order valence-corrected chi connectivity index (χ1v) is 7.31. The molecule has 0 aliphatic heterocycles. The van der Waals surface area contributed by atoms with Crippen LogP contribution >= 0.6 is 27.3 Å². The fourth-order valence-corrected chi connectivity index (χ4v) is 3.12. The molecule has 98 valence electrons. The minimum Gasteiger partial charge on any atom is -0.378 e. The minimum absolute atomic E-state index is 0.207. The molecular formula is C14H12BrFN2S. The van der Waals surface area contributed by atoms with Crippen molar-refractivity contribution in [2.24, 2.45) is 0 Å². The fraction of sp³-hybridized carbons (Fsp3) is 0.214. The third-order valence-corrected chi connectivity index (χ3v) is 4.80. The Morgan fingerprint density at radius 2 is 2.16 bits per heavy atom. The van der Waals surface area contributed by atoms with Crippen molar-refractivity contribution in [2.45, 2.75) is 20.4 Å². The van der Waals surface area contributed by atoms with Crippen LogP contribution in [0.4, 0.5) is 10.1 Å². The molecule has 0 fully saturated rings. The number of nitrogens with zero attached hydrogens (tertiary/aromatic N) is 1. The molecule has 0 bridgehead atoms. The molecular weight excluding hydrogens is 327 g/mol. The summed E-state index contributed by atoms with van der Waals surface area (Å²) < 4.78 is 14.2. The number of nitriles is 1. The maximum absolute atomic E-state index is 14.0. The average molecular weight is 339 g/mol. The zero-order chi connectivity index (χ0) is 14.0. The van der Waals surface area contributed by atoms with E-state index >= 15 is 0 Å². The summed E-state index contributed by atoms with van der Waals surface area (Å²) in [5.74, 6) is -0.427. The second kappa shape index (κ2) is 5.72. The number of hydrogen-bond donors (Lipinski definition) is 1. The van der Waals surface area contributed by atoms with E-state index < -0.39 is 5.82 Å². The summed E-state index contributed by atoms with van der Waals surface area (Å²) in [6.45, 7) is 4.71. The highest BCUT2D eigenvalue weighted by atomic mass is 79.9. The lowest BCUT2D eigenvalue weighted by Gasteiger charge is -2.08. The van der Waals surface area contributed by atoms with Gasteiger partial charge in [-0.1, -0.05) is 0 Å². The van der Waals surface area contributed by atoms with Crippen LogP contribution in [0.25, 0.3) is 0 Å². The van der Waals surface area contributed by atoms with Crippen LogP contribution in [0.15, 0.2) is 22.7 Å². The monoisotopic (exact) mass is 338 g/mol. The maximum Gasteiger partial charge on any atom is 0.161 e. The quantitative estimate of drug-likeness (QED) is 0.876. The molecule has 1 heterocycles. The third kappa shape index (κ3) is 2.96. The molecule has 0 unspecified atom stereocenters. The number of hydrogen-bond acceptors (Lipinski definition) is 3. The van der Waals surface area contributed by atoms with Crippen LogP contribution in [0.2, 0.25) is 0 Å². The van der Waals surface area contributed by atoms with Crippen molar-refractivity contribution in [2.75, 3.05) is 5.32 Å². The number of nitrogens with one attached hydrogen (secondary N) is 1. The first kappa shape index (κ1) is 14.0. The van der Waals surface area contributed by atoms with Crippen molar-refractivity contribution in [1.29, 1.82) is 5.26 Å². The second-order valence-corrected chi connectivity index (χ2v) is 6.34. The van der Waals surface area contributed by atoms with Gasteiger partial charge in [-0.2, -0.15) is 5.26 Å². The van der Waals surface area contributed by atoms with Crippen LogP contribution < -0.4 is 5.32 Å². The predicted molar refractivity (Wildman–Crippen MR) is 79.9 cm³/mol. The van der Waals surface area contributed by atoms with Crippen LogP contribution in [0.5, 0.6) is 0 Å². The molecule has 2 rings (SSSR count). The molecule has 0 saturated heterocycles. The normalized spacial score (nSPS) is 10.3. The molecule has 0 radical (unpaired) electrons. The molecule has 0 saturated carbocycles. The van der Waals surface area contributed by atoms with Gasteiger partial charge in [-0.25, -0.2) is 4.39 Å². The molecule has 5 heteroatoms. The van der Waals surface area contributed by atoms with Gasteiger partial charge in [-0.05, 0) is 53.5 Å². The number of halogens is 2. The summed E-state index contributed by atoms with van der Waals surface area (Å²) in [6, 6.07) is 7.22. The first-order chi connectivity index (χ1) is 9.02. The minimum atomic E-state index is -0.427. The van der Waals surface area contributed by atoms with E-state index in [-0.39, 0.29) is 4.47 Å². The van der Waals surface area contributed by atoms with E-state index in [1.807, 2.05) is 6.07 Å². The van der Waals surface area contributed by atoms with Gasteiger partial charge < -0.3 is 5.32 Å². The first-order valence-electron chi connectivity index (χ1n) is 5.70. The Bertz CT molecular complexity index is 639. The Balaban J connectivity index is 2.16.